The lowest BCUT2D eigenvalue weighted by molar-refractivity contribution is 1.41. The minimum atomic E-state index is 0.732. The van der Waals surface area contributed by atoms with Crippen molar-refractivity contribution in [2.24, 2.45) is 4.99 Å². The van der Waals surface area contributed by atoms with Gasteiger partial charge in [0.25, 0.3) is 0 Å². The number of hydrogen-bond acceptors (Lipinski definition) is 1. The van der Waals surface area contributed by atoms with Gasteiger partial charge in [-0.2, -0.15) is 0 Å². The van der Waals surface area contributed by atoms with Crippen molar-refractivity contribution >= 4 is 62.5 Å². The van der Waals surface area contributed by atoms with Gasteiger partial charge in [-0.25, -0.2) is 0 Å². The summed E-state index contributed by atoms with van der Waals surface area (Å²) in [5.41, 5.74) is 5.07. The third-order valence-electron chi connectivity index (χ3n) is 4.22. The van der Waals surface area contributed by atoms with Gasteiger partial charge >= 0.3 is 0 Å². The number of aromatic nitrogens is 1. The van der Waals surface area contributed by atoms with Crippen LogP contribution in [0.5, 0.6) is 0 Å². The molecule has 3 aromatic carbocycles. The monoisotopic (exact) mass is 434 g/mol. The fraction of sp³-hybridized carbons (Fsp3) is 0. The van der Waals surface area contributed by atoms with E-state index < -0.39 is 0 Å². The van der Waals surface area contributed by atoms with Gasteiger partial charge in [0, 0.05) is 26.6 Å². The second-order valence-corrected chi connectivity index (χ2v) is 7.48. The average Bonchev–Trinajstić information content (AvgIpc) is 3.03. The van der Waals surface area contributed by atoms with E-state index >= 15 is 0 Å². The molecular weight excluding hydrogens is 420 g/mol. The van der Waals surface area contributed by atoms with Crippen LogP contribution < -0.4 is 0 Å². The van der Waals surface area contributed by atoms with Crippen molar-refractivity contribution in [2.45, 2.75) is 0 Å². The first-order chi connectivity index (χ1) is 13.2. The zero-order valence-electron chi connectivity index (χ0n) is 14.4. The maximum Gasteiger partial charge on any atom is 0.0957 e. The molecule has 0 unspecified atom stereocenters. The SMILES string of the molecule is Clc1ccc(/C=C/c2[nH]c3cc(Br)ccc3c2/N=C/c2ccccc2)cc1. The van der Waals surface area contributed by atoms with Crippen molar-refractivity contribution in [1.82, 2.24) is 4.98 Å². The molecule has 0 aliphatic heterocycles. The van der Waals surface area contributed by atoms with E-state index in [0.717, 1.165) is 42.9 Å². The summed E-state index contributed by atoms with van der Waals surface area (Å²) < 4.78 is 1.03. The van der Waals surface area contributed by atoms with E-state index in [0.29, 0.717) is 0 Å². The number of hydrogen-bond donors (Lipinski definition) is 1. The van der Waals surface area contributed by atoms with Gasteiger partial charge in [-0.15, -0.1) is 0 Å². The van der Waals surface area contributed by atoms with Gasteiger partial charge in [0.2, 0.25) is 0 Å². The molecule has 2 nitrogen and oxygen atoms in total. The van der Waals surface area contributed by atoms with E-state index in [2.05, 4.69) is 45.2 Å². The molecule has 0 saturated heterocycles. The summed E-state index contributed by atoms with van der Waals surface area (Å²) in [6.07, 6.45) is 6.00. The van der Waals surface area contributed by atoms with Crippen molar-refractivity contribution in [1.29, 1.82) is 0 Å². The zero-order chi connectivity index (χ0) is 18.6. The Morgan fingerprint density at radius 3 is 2.41 bits per heavy atom. The fourth-order valence-electron chi connectivity index (χ4n) is 2.87. The van der Waals surface area contributed by atoms with Gasteiger partial charge < -0.3 is 4.98 Å². The molecule has 1 heterocycles. The van der Waals surface area contributed by atoms with Crippen LogP contribution in [0.1, 0.15) is 16.8 Å². The molecule has 0 atom stereocenters. The van der Waals surface area contributed by atoms with Crippen molar-refractivity contribution in [3.63, 3.8) is 0 Å². The number of fused-ring (bicyclic) bond motifs is 1. The number of H-pyrrole nitrogens is 1. The molecule has 132 valence electrons. The molecule has 4 aromatic rings. The van der Waals surface area contributed by atoms with Crippen LogP contribution in [-0.4, -0.2) is 11.2 Å². The van der Waals surface area contributed by atoms with Gasteiger partial charge in [-0.3, -0.25) is 4.99 Å². The maximum absolute atomic E-state index is 5.97. The second kappa shape index (κ2) is 7.95. The molecule has 1 aromatic heterocycles. The van der Waals surface area contributed by atoms with Crippen molar-refractivity contribution in [3.05, 3.63) is 99.1 Å². The largest absolute Gasteiger partial charge is 0.353 e. The summed E-state index contributed by atoms with van der Waals surface area (Å²) >= 11 is 9.50. The zero-order valence-corrected chi connectivity index (χ0v) is 16.7. The Hall–Kier alpha value is -2.62. The predicted molar refractivity (Wildman–Crippen MR) is 120 cm³/mol. The Morgan fingerprint density at radius 2 is 1.63 bits per heavy atom. The first kappa shape index (κ1) is 17.8. The molecule has 0 aliphatic rings. The van der Waals surface area contributed by atoms with E-state index in [-0.39, 0.29) is 0 Å². The highest BCUT2D eigenvalue weighted by Crippen LogP contribution is 2.33. The van der Waals surface area contributed by atoms with Gasteiger partial charge in [0.05, 0.1) is 11.4 Å². The highest BCUT2D eigenvalue weighted by molar-refractivity contribution is 9.10. The van der Waals surface area contributed by atoms with Crippen molar-refractivity contribution < 1.29 is 0 Å². The number of nitrogens with zero attached hydrogens (tertiary/aromatic N) is 1. The summed E-state index contributed by atoms with van der Waals surface area (Å²) in [6, 6.07) is 24.0. The van der Waals surface area contributed by atoms with Crippen LogP contribution in [-0.2, 0) is 0 Å². The molecule has 27 heavy (non-hydrogen) atoms. The van der Waals surface area contributed by atoms with E-state index in [1.807, 2.05) is 66.9 Å². The lowest BCUT2D eigenvalue weighted by Crippen LogP contribution is -1.79. The Kier molecular flexibility index (Phi) is 5.23. The smallest absolute Gasteiger partial charge is 0.0957 e. The summed E-state index contributed by atoms with van der Waals surface area (Å²) in [5, 5.41) is 1.82. The van der Waals surface area contributed by atoms with Crippen LogP contribution in [0.3, 0.4) is 0 Å². The highest BCUT2D eigenvalue weighted by Gasteiger charge is 2.09. The number of nitrogens with one attached hydrogen (secondary N) is 1. The highest BCUT2D eigenvalue weighted by atomic mass is 79.9. The third-order valence-corrected chi connectivity index (χ3v) is 4.96. The third kappa shape index (κ3) is 4.21. The summed E-state index contributed by atoms with van der Waals surface area (Å²) in [6.45, 7) is 0. The summed E-state index contributed by atoms with van der Waals surface area (Å²) in [7, 11) is 0. The molecule has 0 amide bonds. The van der Waals surface area contributed by atoms with Gasteiger partial charge in [0.15, 0.2) is 0 Å². The summed E-state index contributed by atoms with van der Waals surface area (Å²) in [5.74, 6) is 0. The Bertz CT molecular complexity index is 1130. The lowest BCUT2D eigenvalue weighted by Gasteiger charge is -1.97. The molecule has 4 rings (SSSR count). The minimum Gasteiger partial charge on any atom is -0.353 e. The first-order valence-corrected chi connectivity index (χ1v) is 9.70. The molecule has 0 fully saturated rings. The second-order valence-electron chi connectivity index (χ2n) is 6.13. The molecule has 0 saturated carbocycles. The minimum absolute atomic E-state index is 0.732. The number of halogens is 2. The molecular formula is C23H16BrClN2. The van der Waals surface area contributed by atoms with E-state index in [9.17, 15) is 0 Å². The molecule has 0 radical (unpaired) electrons. The van der Waals surface area contributed by atoms with Gasteiger partial charge in [-0.1, -0.05) is 76.1 Å². The van der Waals surface area contributed by atoms with Gasteiger partial charge in [-0.05, 0) is 47.5 Å². The topological polar surface area (TPSA) is 28.1 Å². The Morgan fingerprint density at radius 1 is 0.852 bits per heavy atom. The van der Waals surface area contributed by atoms with Crippen molar-refractivity contribution in [3.8, 4) is 0 Å². The molecule has 0 aliphatic carbocycles. The number of aromatic amines is 1. The fourth-order valence-corrected chi connectivity index (χ4v) is 3.35. The average molecular weight is 436 g/mol. The summed E-state index contributed by atoms with van der Waals surface area (Å²) in [4.78, 5) is 8.24. The van der Waals surface area contributed by atoms with Crippen LogP contribution in [0.15, 0.2) is 82.3 Å². The van der Waals surface area contributed by atoms with Crippen LogP contribution in [0, 0.1) is 0 Å². The van der Waals surface area contributed by atoms with Crippen LogP contribution in [0.2, 0.25) is 5.02 Å². The molecule has 4 heteroatoms. The van der Waals surface area contributed by atoms with Gasteiger partial charge in [0.1, 0.15) is 0 Å². The molecule has 0 spiro atoms. The van der Waals surface area contributed by atoms with E-state index in [4.69, 9.17) is 16.6 Å². The van der Waals surface area contributed by atoms with Crippen LogP contribution in [0.4, 0.5) is 5.69 Å². The predicted octanol–water partition coefficient (Wildman–Crippen LogP) is 7.50. The quantitative estimate of drug-likeness (QED) is 0.321. The standard InChI is InChI=1S/C23H16BrClN2/c24-18-9-12-20-22(14-18)27-21(13-8-16-6-10-19(25)11-7-16)23(20)26-15-17-4-2-1-3-5-17/h1-15,27H/b13-8+,26-15+. The number of rotatable bonds is 4. The number of aliphatic imine (C=N–C) groups is 1. The van der Waals surface area contributed by atoms with Crippen LogP contribution >= 0.6 is 27.5 Å². The van der Waals surface area contributed by atoms with E-state index in [1.165, 1.54) is 0 Å². The lowest BCUT2D eigenvalue weighted by atomic mass is 10.1. The maximum atomic E-state index is 5.97. The molecule has 0 bridgehead atoms. The Balaban J connectivity index is 1.76. The van der Waals surface area contributed by atoms with Crippen molar-refractivity contribution in [2.75, 3.05) is 0 Å². The molecule has 1 N–H and O–H groups in total. The number of benzene rings is 3. The normalized spacial score (nSPS) is 11.8. The Labute approximate surface area is 171 Å². The first-order valence-electron chi connectivity index (χ1n) is 8.53. The van der Waals surface area contributed by atoms with E-state index in [1.54, 1.807) is 0 Å². The van der Waals surface area contributed by atoms with Crippen LogP contribution in [0.25, 0.3) is 23.1 Å².